The Labute approximate surface area is 89.9 Å². The van der Waals surface area contributed by atoms with Crippen LogP contribution in [-0.4, -0.2) is 39.1 Å². The minimum atomic E-state index is -0.702. The molecule has 0 aliphatic carbocycles. The number of nitrogens with one attached hydrogen (secondary N) is 2. The minimum Gasteiger partial charge on any atom is -0.403 e. The maximum absolute atomic E-state index is 11.3. The Hall–Kier alpha value is -1.50. The van der Waals surface area contributed by atoms with E-state index in [9.17, 15) is 9.59 Å². The number of nitrogens with two attached hydrogens (primary N) is 2. The molecule has 7 heteroatoms. The number of carbonyl (C=O) groups is 2. The molecule has 1 unspecified atom stereocenters. The summed E-state index contributed by atoms with van der Waals surface area (Å²) in [6.45, 7) is 0.00770. The summed E-state index contributed by atoms with van der Waals surface area (Å²) in [5, 5.41) is 5.24. The van der Waals surface area contributed by atoms with Crippen LogP contribution in [-0.2, 0) is 9.59 Å². The Kier molecular flexibility index (Phi) is 6.20. The average Bonchev–Trinajstić information content (AvgIpc) is 2.21. The third kappa shape index (κ3) is 5.74. The normalized spacial score (nSPS) is 13.1. The molecule has 0 saturated carbocycles. The quantitative estimate of drug-likeness (QED) is 0.351. The molecule has 0 heterocycles. The highest BCUT2D eigenvalue weighted by Gasteiger charge is 2.14. The Morgan fingerprint density at radius 3 is 2.53 bits per heavy atom. The zero-order chi connectivity index (χ0) is 11.8. The first kappa shape index (κ1) is 13.5. The van der Waals surface area contributed by atoms with Crippen molar-refractivity contribution < 1.29 is 9.59 Å². The van der Waals surface area contributed by atoms with Crippen LogP contribution in [0.25, 0.3) is 0 Å². The van der Waals surface area contributed by atoms with E-state index in [-0.39, 0.29) is 18.1 Å². The third-order valence-electron chi connectivity index (χ3n) is 1.81. The molecular formula is C8H17BN4O2. The van der Waals surface area contributed by atoms with Crippen molar-refractivity contribution in [1.29, 1.82) is 0 Å². The second-order valence-electron chi connectivity index (χ2n) is 3.17. The van der Waals surface area contributed by atoms with E-state index in [1.165, 1.54) is 14.0 Å². The average molecular weight is 212 g/mol. The van der Waals surface area contributed by atoms with E-state index in [2.05, 4.69) is 10.6 Å². The molecule has 0 spiro atoms. The topological polar surface area (TPSA) is 110 Å². The summed E-state index contributed by atoms with van der Waals surface area (Å²) in [6, 6.07) is -0.702. The highest BCUT2D eigenvalue weighted by atomic mass is 16.2. The molecule has 1 atom stereocenters. The molecule has 0 aromatic rings. The van der Waals surface area contributed by atoms with Crippen LogP contribution in [0.1, 0.15) is 6.42 Å². The summed E-state index contributed by atoms with van der Waals surface area (Å²) < 4.78 is 0. The van der Waals surface area contributed by atoms with E-state index in [1.807, 2.05) is 0 Å². The number of hydrogen-bond acceptors (Lipinski definition) is 5. The second kappa shape index (κ2) is 6.89. The van der Waals surface area contributed by atoms with Crippen molar-refractivity contribution >= 4 is 19.4 Å². The van der Waals surface area contributed by atoms with Crippen molar-refractivity contribution in [3.8, 4) is 0 Å². The lowest BCUT2D eigenvalue weighted by Gasteiger charge is -2.13. The Balaban J connectivity index is 4.04. The van der Waals surface area contributed by atoms with Gasteiger partial charge in [-0.25, -0.2) is 0 Å². The van der Waals surface area contributed by atoms with E-state index >= 15 is 0 Å². The molecule has 0 aromatic carbocycles. The molecule has 6 N–H and O–H groups in total. The summed E-state index contributed by atoms with van der Waals surface area (Å²) in [6.07, 6.45) is 1.68. The van der Waals surface area contributed by atoms with Crippen LogP contribution < -0.4 is 22.1 Å². The molecule has 0 aromatic heterocycles. The van der Waals surface area contributed by atoms with Gasteiger partial charge in [-0.15, -0.1) is 0 Å². The van der Waals surface area contributed by atoms with Gasteiger partial charge in [0.25, 0.3) is 0 Å². The van der Waals surface area contributed by atoms with Crippen molar-refractivity contribution in [2.45, 2.75) is 12.5 Å². The van der Waals surface area contributed by atoms with Crippen molar-refractivity contribution in [3.63, 3.8) is 0 Å². The monoisotopic (exact) mass is 212 g/mol. The van der Waals surface area contributed by atoms with Crippen LogP contribution in [0.4, 0.5) is 0 Å². The molecule has 0 bridgehead atoms. The van der Waals surface area contributed by atoms with Crippen LogP contribution in [0.2, 0.25) is 0 Å². The molecule has 0 aliphatic heterocycles. The van der Waals surface area contributed by atoms with Gasteiger partial charge < -0.3 is 26.9 Å². The number of amides is 1. The second-order valence-corrected chi connectivity index (χ2v) is 3.17. The van der Waals surface area contributed by atoms with E-state index in [0.29, 0.717) is 12.1 Å². The Bertz CT molecular complexity index is 267. The minimum absolute atomic E-state index is 0.00770. The fraction of sp³-hybridized carbons (Fsp3) is 0.500. The summed E-state index contributed by atoms with van der Waals surface area (Å²) in [5.41, 5.74) is 11.5. The van der Waals surface area contributed by atoms with Gasteiger partial charge in [-0.05, 0) is 0 Å². The summed E-state index contributed by atoms with van der Waals surface area (Å²) >= 11 is 0. The van der Waals surface area contributed by atoms with Gasteiger partial charge in [0.15, 0.2) is 7.85 Å². The zero-order valence-corrected chi connectivity index (χ0v) is 9.04. The summed E-state index contributed by atoms with van der Waals surface area (Å²) in [4.78, 5) is 21.9. The van der Waals surface area contributed by atoms with Crippen LogP contribution in [0.5, 0.6) is 0 Å². The number of hydrogen-bond donors (Lipinski definition) is 4. The Morgan fingerprint density at radius 1 is 1.53 bits per heavy atom. The molecule has 0 saturated heterocycles. The summed E-state index contributed by atoms with van der Waals surface area (Å²) in [7, 11) is 3.09. The lowest BCUT2D eigenvalue weighted by Crippen LogP contribution is -2.43. The van der Waals surface area contributed by atoms with Crippen molar-refractivity contribution in [3.05, 3.63) is 11.9 Å². The van der Waals surface area contributed by atoms with E-state index in [1.54, 1.807) is 7.05 Å². The van der Waals surface area contributed by atoms with Crippen LogP contribution in [0.15, 0.2) is 11.9 Å². The Morgan fingerprint density at radius 2 is 2.13 bits per heavy atom. The first-order chi connectivity index (χ1) is 7.01. The lowest BCUT2D eigenvalue weighted by atomic mass is 10.0. The third-order valence-corrected chi connectivity index (χ3v) is 1.81. The van der Waals surface area contributed by atoms with E-state index in [4.69, 9.17) is 11.5 Å². The summed E-state index contributed by atoms with van der Waals surface area (Å²) in [5.74, 6) is -0.361. The van der Waals surface area contributed by atoms with E-state index in [0.717, 1.165) is 0 Å². The van der Waals surface area contributed by atoms with Crippen molar-refractivity contribution in [2.75, 3.05) is 13.6 Å². The first-order valence-electron chi connectivity index (χ1n) is 4.62. The number of rotatable bonds is 6. The maximum Gasteiger partial charge on any atom is 0.237 e. The number of carbonyl (C=O) groups excluding carboxylic acids is 2. The standard InChI is InChI=1S/C8H17BN4O2/c1-12-5(3-10)2-6(11)8(15)13-4-7(9)14/h3,6,12H,2,4,9-11H2,1H3,(H,13,15)/b5-3-. The first-order valence-corrected chi connectivity index (χ1v) is 4.62. The largest absolute Gasteiger partial charge is 0.403 e. The highest BCUT2D eigenvalue weighted by Crippen LogP contribution is 1.97. The molecule has 6 nitrogen and oxygen atoms in total. The van der Waals surface area contributed by atoms with Crippen LogP contribution in [0.3, 0.4) is 0 Å². The van der Waals surface area contributed by atoms with Crippen molar-refractivity contribution in [2.24, 2.45) is 11.5 Å². The molecule has 0 aliphatic rings. The van der Waals surface area contributed by atoms with Gasteiger partial charge in [-0.2, -0.15) is 0 Å². The zero-order valence-electron chi connectivity index (χ0n) is 9.04. The molecular weight excluding hydrogens is 195 g/mol. The van der Waals surface area contributed by atoms with Gasteiger partial charge in [-0.3, -0.25) is 4.79 Å². The van der Waals surface area contributed by atoms with Crippen molar-refractivity contribution in [1.82, 2.24) is 10.6 Å². The molecule has 0 radical (unpaired) electrons. The van der Waals surface area contributed by atoms with Gasteiger partial charge in [0.1, 0.15) is 5.68 Å². The SMILES string of the molecule is BC(=O)CNC(=O)C(N)C/C(=C/N)NC. The van der Waals surface area contributed by atoms with Gasteiger partial charge >= 0.3 is 0 Å². The maximum atomic E-state index is 11.3. The molecule has 15 heavy (non-hydrogen) atoms. The van der Waals surface area contributed by atoms with E-state index < -0.39 is 6.04 Å². The van der Waals surface area contributed by atoms with Gasteiger partial charge in [0.2, 0.25) is 5.91 Å². The molecule has 84 valence electrons. The predicted molar refractivity (Wildman–Crippen MR) is 60.5 cm³/mol. The van der Waals surface area contributed by atoms with Crippen LogP contribution >= 0.6 is 0 Å². The molecule has 1 amide bonds. The highest BCUT2D eigenvalue weighted by molar-refractivity contribution is 6.58. The van der Waals surface area contributed by atoms with Gasteiger partial charge in [-0.1, -0.05) is 0 Å². The molecule has 0 fully saturated rings. The van der Waals surface area contributed by atoms with Crippen LogP contribution in [0, 0.1) is 0 Å². The predicted octanol–water partition coefficient (Wildman–Crippen LogP) is -3.00. The fourth-order valence-electron chi connectivity index (χ4n) is 0.926. The fourth-order valence-corrected chi connectivity index (χ4v) is 0.926. The van der Waals surface area contributed by atoms with Gasteiger partial charge in [0.05, 0.1) is 12.6 Å². The lowest BCUT2D eigenvalue weighted by molar-refractivity contribution is -0.124. The smallest absolute Gasteiger partial charge is 0.237 e. The van der Waals surface area contributed by atoms with Gasteiger partial charge in [0, 0.05) is 25.4 Å². The molecule has 0 rings (SSSR count).